The van der Waals surface area contributed by atoms with Crippen molar-refractivity contribution in [2.75, 3.05) is 43.6 Å². The molecular formula is C50H73N3O6. The van der Waals surface area contributed by atoms with Gasteiger partial charge < -0.3 is 24.1 Å². The Kier molecular flexibility index (Phi) is 23.1. The predicted molar refractivity (Wildman–Crippen MR) is 249 cm³/mol. The summed E-state index contributed by atoms with van der Waals surface area (Å²) < 4.78 is 16.7. The molecule has 9 heteroatoms. The van der Waals surface area contributed by atoms with Gasteiger partial charge in [0.2, 0.25) is 0 Å². The standard InChI is InChI=1S/C38H45N3O6.C8H16.2C2H6/c1-8-11-35(39-26(6)27(10-3)18-25(5)37(43)24(4)9-2)40-31-20-29(19-30(21-31)38(44)45-7)28-12-13-32-33(42)23-36(47-34(32)22-28)41-14-16-46-17-15-41;1-2-5-8-6-3-4-7-8;2*1-2/h10-13,18-24,40H,8-9,14-17H2,1-7H3;8H,2-7H2,1H3;2*1-2H3/b25-18+,27-10-,35-11-,39-26-;;;. The highest BCUT2D eigenvalue weighted by Gasteiger charge is 2.18. The van der Waals surface area contributed by atoms with E-state index in [0.717, 1.165) is 34.8 Å². The van der Waals surface area contributed by atoms with Crippen molar-refractivity contribution in [2.45, 2.75) is 128 Å². The molecule has 1 aromatic heterocycles. The van der Waals surface area contributed by atoms with Crippen molar-refractivity contribution in [3.63, 3.8) is 0 Å². The molecule has 2 aliphatic rings. The zero-order valence-electron chi connectivity index (χ0n) is 38.3. The summed E-state index contributed by atoms with van der Waals surface area (Å²) >= 11 is 0. The van der Waals surface area contributed by atoms with E-state index in [1.165, 1.54) is 51.7 Å². The van der Waals surface area contributed by atoms with Gasteiger partial charge in [0.05, 0.1) is 31.3 Å². The molecule has 2 heterocycles. The van der Waals surface area contributed by atoms with E-state index >= 15 is 0 Å². The number of nitrogens with zero attached hydrogens (tertiary/aromatic N) is 2. The number of ketones is 1. The van der Waals surface area contributed by atoms with E-state index in [1.54, 1.807) is 18.2 Å². The number of nitrogens with one attached hydrogen (secondary N) is 1. The van der Waals surface area contributed by atoms with E-state index in [1.807, 2.05) is 111 Å². The van der Waals surface area contributed by atoms with Crippen molar-refractivity contribution in [1.29, 1.82) is 0 Å². The average molecular weight is 812 g/mol. The normalized spacial score (nSPS) is 15.6. The molecule has 0 radical (unpaired) electrons. The van der Waals surface area contributed by atoms with E-state index in [4.69, 9.17) is 18.9 Å². The van der Waals surface area contributed by atoms with Crippen LogP contribution in [0.5, 0.6) is 0 Å². The van der Waals surface area contributed by atoms with Gasteiger partial charge in [0.1, 0.15) is 11.4 Å². The zero-order valence-corrected chi connectivity index (χ0v) is 38.3. The number of benzene rings is 2. The molecular weight excluding hydrogens is 739 g/mol. The third-order valence-electron chi connectivity index (χ3n) is 10.4. The Morgan fingerprint density at radius 1 is 0.966 bits per heavy atom. The van der Waals surface area contributed by atoms with E-state index in [-0.39, 0.29) is 17.1 Å². The molecule has 1 aliphatic heterocycles. The quantitative estimate of drug-likeness (QED) is 0.0741. The van der Waals surface area contributed by atoms with E-state index < -0.39 is 5.97 Å². The maximum atomic E-state index is 13.0. The van der Waals surface area contributed by atoms with Crippen LogP contribution in [0, 0.1) is 11.8 Å². The van der Waals surface area contributed by atoms with Crippen LogP contribution in [0.3, 0.4) is 0 Å². The molecule has 59 heavy (non-hydrogen) atoms. The highest BCUT2D eigenvalue weighted by atomic mass is 16.5. The number of rotatable bonds is 14. The number of aliphatic imine (C=N–C) groups is 1. The van der Waals surface area contributed by atoms with Crippen molar-refractivity contribution < 1.29 is 23.5 Å². The Morgan fingerprint density at radius 2 is 1.64 bits per heavy atom. The van der Waals surface area contributed by atoms with Crippen LogP contribution in [-0.2, 0) is 14.3 Å². The summed E-state index contributed by atoms with van der Waals surface area (Å²) in [6.07, 6.45) is 16.2. The molecule has 0 bridgehead atoms. The lowest BCUT2D eigenvalue weighted by molar-refractivity contribution is -0.118. The zero-order chi connectivity index (χ0) is 43.9. The Morgan fingerprint density at radius 3 is 2.24 bits per heavy atom. The molecule has 2 aromatic carbocycles. The van der Waals surface area contributed by atoms with Crippen molar-refractivity contribution in [1.82, 2.24) is 0 Å². The smallest absolute Gasteiger partial charge is 0.337 e. The number of methoxy groups -OCH3 is 1. The molecule has 5 rings (SSSR count). The minimum atomic E-state index is -0.486. The van der Waals surface area contributed by atoms with Crippen LogP contribution in [0.1, 0.15) is 138 Å². The number of hydrogen-bond donors (Lipinski definition) is 1. The summed E-state index contributed by atoms with van der Waals surface area (Å²) in [7, 11) is 1.34. The van der Waals surface area contributed by atoms with Gasteiger partial charge in [0.15, 0.2) is 17.1 Å². The predicted octanol–water partition coefficient (Wildman–Crippen LogP) is 12.7. The molecule has 1 aliphatic carbocycles. The van der Waals surface area contributed by atoms with Crippen LogP contribution in [0.15, 0.2) is 91.9 Å². The molecule has 1 saturated carbocycles. The fourth-order valence-corrected chi connectivity index (χ4v) is 7.06. The van der Waals surface area contributed by atoms with Crippen LogP contribution in [0.4, 0.5) is 11.6 Å². The van der Waals surface area contributed by atoms with Crippen molar-refractivity contribution in [3.05, 3.63) is 93.4 Å². The number of morpholine rings is 1. The maximum Gasteiger partial charge on any atom is 0.337 e. The molecule has 1 N–H and O–H groups in total. The highest BCUT2D eigenvalue weighted by Crippen LogP contribution is 2.31. The summed E-state index contributed by atoms with van der Waals surface area (Å²) in [4.78, 5) is 45.3. The second-order valence-corrected chi connectivity index (χ2v) is 14.6. The molecule has 1 atom stereocenters. The number of esters is 1. The first-order valence-corrected chi connectivity index (χ1v) is 22.1. The molecule has 9 nitrogen and oxygen atoms in total. The average Bonchev–Trinajstić information content (AvgIpc) is 3.79. The highest BCUT2D eigenvalue weighted by molar-refractivity contribution is 6.04. The van der Waals surface area contributed by atoms with Gasteiger partial charge in [-0.05, 0) is 104 Å². The van der Waals surface area contributed by atoms with Gasteiger partial charge in [-0.3, -0.25) is 9.59 Å². The summed E-state index contributed by atoms with van der Waals surface area (Å²) in [6, 6.07) is 12.3. The van der Waals surface area contributed by atoms with Gasteiger partial charge in [-0.1, -0.05) is 106 Å². The van der Waals surface area contributed by atoms with E-state index in [0.29, 0.717) is 72.2 Å². The van der Waals surface area contributed by atoms with Crippen molar-refractivity contribution in [3.8, 4) is 11.1 Å². The number of ether oxygens (including phenoxy) is 2. The van der Waals surface area contributed by atoms with Crippen molar-refractivity contribution in [2.24, 2.45) is 16.8 Å². The molecule has 1 unspecified atom stereocenters. The van der Waals surface area contributed by atoms with Crippen LogP contribution >= 0.6 is 0 Å². The largest absolute Gasteiger partial charge is 0.465 e. The number of fused-ring (bicyclic) bond motifs is 1. The van der Waals surface area contributed by atoms with Crippen molar-refractivity contribution >= 4 is 40.0 Å². The van der Waals surface area contributed by atoms with Crippen LogP contribution < -0.4 is 15.6 Å². The maximum absolute atomic E-state index is 13.0. The lowest BCUT2D eigenvalue weighted by Gasteiger charge is -2.27. The topological polar surface area (TPSA) is 110 Å². The number of Topliss-reactive ketones (excluding diaryl/α,β-unsaturated/α-hetero) is 1. The summed E-state index contributed by atoms with van der Waals surface area (Å²) in [5, 5.41) is 3.85. The van der Waals surface area contributed by atoms with E-state index in [2.05, 4.69) is 12.2 Å². The number of allylic oxidation sites excluding steroid dienone is 5. The monoisotopic (exact) mass is 812 g/mol. The van der Waals surface area contributed by atoms with Crippen LogP contribution in [0.2, 0.25) is 0 Å². The summed E-state index contributed by atoms with van der Waals surface area (Å²) in [5.41, 5.74) is 5.07. The lowest BCUT2D eigenvalue weighted by atomic mass is 9.96. The van der Waals surface area contributed by atoms with Gasteiger partial charge in [0.25, 0.3) is 0 Å². The minimum Gasteiger partial charge on any atom is -0.465 e. The first-order valence-electron chi connectivity index (χ1n) is 22.1. The molecule has 3 aromatic rings. The first kappa shape index (κ1) is 50.4. The third-order valence-corrected chi connectivity index (χ3v) is 10.4. The van der Waals surface area contributed by atoms with Gasteiger partial charge in [-0.15, -0.1) is 0 Å². The number of carbonyl (C=O) groups is 2. The third kappa shape index (κ3) is 15.4. The second-order valence-electron chi connectivity index (χ2n) is 14.6. The summed E-state index contributed by atoms with van der Waals surface area (Å²) in [5.74, 6) is 1.81. The number of carbonyl (C=O) groups excluding carboxylic acids is 2. The van der Waals surface area contributed by atoms with Gasteiger partial charge >= 0.3 is 5.97 Å². The van der Waals surface area contributed by atoms with Crippen LogP contribution in [0.25, 0.3) is 22.1 Å². The Bertz CT molecular complexity index is 1960. The minimum absolute atomic E-state index is 0.0412. The molecule has 324 valence electrons. The first-order chi connectivity index (χ1) is 28.5. The Hall–Kier alpha value is -4.76. The fourth-order valence-electron chi connectivity index (χ4n) is 7.06. The van der Waals surface area contributed by atoms with E-state index in [9.17, 15) is 14.4 Å². The molecule has 1 saturated heterocycles. The SMILES string of the molecule is C/C=C(/C=C(\C)C(=O)C(C)CC)C(\C)=N/C(=C/CC)Nc1cc(C(=O)OC)cc(-c2ccc3c(=O)cc(N4CCOCC4)oc3c2)c1.CC.CC.CCCC1CCCC1. The molecule has 0 spiro atoms. The number of hydrogen-bond acceptors (Lipinski definition) is 9. The lowest BCUT2D eigenvalue weighted by Crippen LogP contribution is -2.36. The molecule has 2 fully saturated rings. The fraction of sp³-hybridized carbons (Fsp3) is 0.520. The summed E-state index contributed by atoms with van der Waals surface area (Å²) in [6.45, 7) is 24.3. The molecule has 0 amide bonds. The number of anilines is 2. The Balaban J connectivity index is 0.000000872. The van der Waals surface area contributed by atoms with Gasteiger partial charge in [0, 0.05) is 36.5 Å². The van der Waals surface area contributed by atoms with Gasteiger partial charge in [-0.25, -0.2) is 9.79 Å². The second kappa shape index (κ2) is 27.1. The van der Waals surface area contributed by atoms with Crippen LogP contribution in [-0.4, -0.2) is 50.9 Å². The Labute approximate surface area is 355 Å². The van der Waals surface area contributed by atoms with Gasteiger partial charge in [-0.2, -0.15) is 0 Å².